The molecule has 0 aliphatic rings. The van der Waals surface area contributed by atoms with Crippen LogP contribution in [0.2, 0.25) is 0 Å². The van der Waals surface area contributed by atoms with E-state index in [1.165, 1.54) is 17.5 Å². The van der Waals surface area contributed by atoms with Crippen molar-refractivity contribution >= 4 is 22.4 Å². The fraction of sp³-hybridized carbons (Fsp3) is 0.308. The standard InChI is InChI=1S/C13H15N3O2S/c1-4-18-11-6-5-10(7-14-11)12(17)16-13-15-8(2)9(3)19-13/h5-7H,4H2,1-3H3,(H,15,16,17). The van der Waals surface area contributed by atoms with Crippen LogP contribution in [0.15, 0.2) is 18.3 Å². The molecule has 2 aromatic rings. The molecule has 0 atom stereocenters. The summed E-state index contributed by atoms with van der Waals surface area (Å²) in [5.41, 5.74) is 1.42. The predicted octanol–water partition coefficient (Wildman–Crippen LogP) is 2.81. The van der Waals surface area contributed by atoms with E-state index in [2.05, 4.69) is 15.3 Å². The SMILES string of the molecule is CCOc1ccc(C(=O)Nc2nc(C)c(C)s2)cn1. The summed E-state index contributed by atoms with van der Waals surface area (Å²) < 4.78 is 5.22. The second-order valence-electron chi connectivity index (χ2n) is 3.93. The molecule has 0 radical (unpaired) electrons. The highest BCUT2D eigenvalue weighted by atomic mass is 32.1. The summed E-state index contributed by atoms with van der Waals surface area (Å²) in [5.74, 6) is 0.296. The Balaban J connectivity index is 2.07. The van der Waals surface area contributed by atoms with Crippen molar-refractivity contribution in [3.8, 4) is 5.88 Å². The van der Waals surface area contributed by atoms with Gasteiger partial charge in [-0.25, -0.2) is 9.97 Å². The molecule has 100 valence electrons. The van der Waals surface area contributed by atoms with E-state index in [0.29, 0.717) is 23.2 Å². The Bertz CT molecular complexity index is 559. The lowest BCUT2D eigenvalue weighted by Gasteiger charge is -2.03. The number of ether oxygens (including phenoxy) is 1. The van der Waals surface area contributed by atoms with Crippen molar-refractivity contribution in [3.63, 3.8) is 0 Å². The molecule has 6 heteroatoms. The van der Waals surface area contributed by atoms with E-state index in [0.717, 1.165) is 10.6 Å². The first-order chi connectivity index (χ1) is 9.10. The molecule has 0 aliphatic carbocycles. The lowest BCUT2D eigenvalue weighted by Crippen LogP contribution is -2.12. The maximum absolute atomic E-state index is 12.0. The van der Waals surface area contributed by atoms with Crippen LogP contribution in [-0.4, -0.2) is 22.5 Å². The number of thiazole rings is 1. The van der Waals surface area contributed by atoms with E-state index < -0.39 is 0 Å². The molecule has 0 fully saturated rings. The molecule has 2 aromatic heterocycles. The van der Waals surface area contributed by atoms with Gasteiger partial charge in [0.1, 0.15) is 0 Å². The van der Waals surface area contributed by atoms with Gasteiger partial charge in [0.25, 0.3) is 5.91 Å². The van der Waals surface area contributed by atoms with Crippen LogP contribution in [-0.2, 0) is 0 Å². The molecule has 2 rings (SSSR count). The molecular formula is C13H15N3O2S. The van der Waals surface area contributed by atoms with Gasteiger partial charge in [-0.2, -0.15) is 0 Å². The smallest absolute Gasteiger partial charge is 0.259 e. The van der Waals surface area contributed by atoms with Gasteiger partial charge in [0.2, 0.25) is 5.88 Å². The number of hydrogen-bond donors (Lipinski definition) is 1. The van der Waals surface area contributed by atoms with E-state index in [9.17, 15) is 4.79 Å². The van der Waals surface area contributed by atoms with Gasteiger partial charge in [0.15, 0.2) is 5.13 Å². The van der Waals surface area contributed by atoms with Gasteiger partial charge in [-0.05, 0) is 26.8 Å². The van der Waals surface area contributed by atoms with Crippen molar-refractivity contribution in [3.05, 3.63) is 34.5 Å². The van der Waals surface area contributed by atoms with Gasteiger partial charge < -0.3 is 4.74 Å². The summed E-state index contributed by atoms with van der Waals surface area (Å²) in [7, 11) is 0. The lowest BCUT2D eigenvalue weighted by molar-refractivity contribution is 0.102. The average Bonchev–Trinajstić information content (AvgIpc) is 2.69. The predicted molar refractivity (Wildman–Crippen MR) is 74.9 cm³/mol. The second-order valence-corrected chi connectivity index (χ2v) is 5.14. The Morgan fingerprint density at radius 2 is 2.21 bits per heavy atom. The maximum Gasteiger partial charge on any atom is 0.259 e. The molecular weight excluding hydrogens is 262 g/mol. The number of rotatable bonds is 4. The fourth-order valence-electron chi connectivity index (χ4n) is 1.44. The Labute approximate surface area is 115 Å². The first kappa shape index (κ1) is 13.5. The minimum Gasteiger partial charge on any atom is -0.478 e. The van der Waals surface area contributed by atoms with Crippen molar-refractivity contribution < 1.29 is 9.53 Å². The summed E-state index contributed by atoms with van der Waals surface area (Å²) in [6.45, 7) is 6.33. The number of pyridine rings is 1. The number of nitrogens with one attached hydrogen (secondary N) is 1. The van der Waals surface area contributed by atoms with Crippen molar-refractivity contribution in [2.45, 2.75) is 20.8 Å². The van der Waals surface area contributed by atoms with E-state index in [-0.39, 0.29) is 5.91 Å². The first-order valence-corrected chi connectivity index (χ1v) is 6.76. The normalized spacial score (nSPS) is 10.3. The minimum absolute atomic E-state index is 0.218. The van der Waals surface area contributed by atoms with E-state index in [1.54, 1.807) is 12.1 Å². The number of amides is 1. The van der Waals surface area contributed by atoms with Crippen molar-refractivity contribution in [1.82, 2.24) is 9.97 Å². The Morgan fingerprint density at radius 1 is 1.42 bits per heavy atom. The number of anilines is 1. The molecule has 0 aliphatic heterocycles. The highest BCUT2D eigenvalue weighted by molar-refractivity contribution is 7.15. The molecule has 0 saturated carbocycles. The topological polar surface area (TPSA) is 64.1 Å². The van der Waals surface area contributed by atoms with Crippen molar-refractivity contribution in [2.75, 3.05) is 11.9 Å². The summed E-state index contributed by atoms with van der Waals surface area (Å²) in [6.07, 6.45) is 1.49. The van der Waals surface area contributed by atoms with Crippen molar-refractivity contribution in [1.29, 1.82) is 0 Å². The number of aromatic nitrogens is 2. The number of carbonyl (C=O) groups excluding carboxylic acids is 1. The van der Waals surface area contributed by atoms with Crippen LogP contribution >= 0.6 is 11.3 Å². The highest BCUT2D eigenvalue weighted by Gasteiger charge is 2.10. The third-order valence-corrected chi connectivity index (χ3v) is 3.53. The van der Waals surface area contributed by atoms with Gasteiger partial charge in [-0.15, -0.1) is 11.3 Å². The number of hydrogen-bond acceptors (Lipinski definition) is 5. The zero-order valence-electron chi connectivity index (χ0n) is 11.1. The second kappa shape index (κ2) is 5.79. The third-order valence-electron chi connectivity index (χ3n) is 2.54. The summed E-state index contributed by atoms with van der Waals surface area (Å²) in [5, 5.41) is 3.36. The highest BCUT2D eigenvalue weighted by Crippen LogP contribution is 2.21. The van der Waals surface area contributed by atoms with E-state index in [4.69, 9.17) is 4.74 Å². The van der Waals surface area contributed by atoms with Crippen LogP contribution in [0.1, 0.15) is 27.9 Å². The van der Waals surface area contributed by atoms with E-state index in [1.807, 2.05) is 20.8 Å². The largest absolute Gasteiger partial charge is 0.478 e. The molecule has 0 bridgehead atoms. The number of carbonyl (C=O) groups is 1. The van der Waals surface area contributed by atoms with Crippen LogP contribution in [0.3, 0.4) is 0 Å². The average molecular weight is 277 g/mol. The van der Waals surface area contributed by atoms with Crippen LogP contribution in [0.4, 0.5) is 5.13 Å². The Hall–Kier alpha value is -1.95. The molecule has 5 nitrogen and oxygen atoms in total. The molecule has 0 spiro atoms. The zero-order chi connectivity index (χ0) is 13.8. The summed E-state index contributed by atoms with van der Waals surface area (Å²) >= 11 is 1.46. The third kappa shape index (κ3) is 3.29. The quantitative estimate of drug-likeness (QED) is 0.933. The minimum atomic E-state index is -0.218. The van der Waals surface area contributed by atoms with Crippen LogP contribution < -0.4 is 10.1 Å². The molecule has 1 amide bonds. The monoisotopic (exact) mass is 277 g/mol. The molecule has 0 unspecified atom stereocenters. The number of aryl methyl sites for hydroxylation is 2. The van der Waals surface area contributed by atoms with Gasteiger partial charge in [-0.3, -0.25) is 10.1 Å². The molecule has 2 heterocycles. The van der Waals surface area contributed by atoms with Crippen LogP contribution in [0.5, 0.6) is 5.88 Å². The van der Waals surface area contributed by atoms with E-state index >= 15 is 0 Å². The summed E-state index contributed by atoms with van der Waals surface area (Å²) in [4.78, 5) is 21.4. The molecule has 0 aromatic carbocycles. The fourth-order valence-corrected chi connectivity index (χ4v) is 2.25. The van der Waals surface area contributed by atoms with Gasteiger partial charge in [0, 0.05) is 17.1 Å². The van der Waals surface area contributed by atoms with Crippen LogP contribution in [0, 0.1) is 13.8 Å². The molecule has 1 N–H and O–H groups in total. The first-order valence-electron chi connectivity index (χ1n) is 5.94. The maximum atomic E-state index is 12.0. The molecule has 0 saturated heterocycles. The zero-order valence-corrected chi connectivity index (χ0v) is 11.9. The Morgan fingerprint density at radius 3 is 2.74 bits per heavy atom. The van der Waals surface area contributed by atoms with Crippen LogP contribution in [0.25, 0.3) is 0 Å². The van der Waals surface area contributed by atoms with Crippen molar-refractivity contribution in [2.24, 2.45) is 0 Å². The Kier molecular flexibility index (Phi) is 4.11. The summed E-state index contributed by atoms with van der Waals surface area (Å²) in [6, 6.07) is 3.36. The molecule has 19 heavy (non-hydrogen) atoms. The van der Waals surface area contributed by atoms with Gasteiger partial charge in [-0.1, -0.05) is 0 Å². The van der Waals surface area contributed by atoms with Gasteiger partial charge in [0.05, 0.1) is 17.9 Å². The lowest BCUT2D eigenvalue weighted by atomic mass is 10.3. The van der Waals surface area contributed by atoms with Gasteiger partial charge >= 0.3 is 0 Å². The number of nitrogens with zero attached hydrogens (tertiary/aromatic N) is 2.